The van der Waals surface area contributed by atoms with E-state index in [0.717, 1.165) is 17.1 Å². The second-order valence-electron chi connectivity index (χ2n) is 4.74. The van der Waals surface area contributed by atoms with Crippen LogP contribution in [0.25, 0.3) is 0 Å². The second kappa shape index (κ2) is 5.71. The fourth-order valence-electron chi connectivity index (χ4n) is 1.89. The number of nitrogens with zero attached hydrogens (tertiary/aromatic N) is 1. The molecule has 1 aliphatic carbocycles. The van der Waals surface area contributed by atoms with Crippen LogP contribution < -0.4 is 11.1 Å². The van der Waals surface area contributed by atoms with Crippen molar-refractivity contribution in [3.05, 3.63) is 28.2 Å². The fraction of sp³-hybridized carbons (Fsp3) is 0.462. The Morgan fingerprint density at radius 3 is 2.83 bits per heavy atom. The Kier molecular flexibility index (Phi) is 4.24. The summed E-state index contributed by atoms with van der Waals surface area (Å²) in [6, 6.07) is 5.96. The molecule has 98 valence electrons. The van der Waals surface area contributed by atoms with Gasteiger partial charge in [-0.3, -0.25) is 4.79 Å². The van der Waals surface area contributed by atoms with Crippen molar-refractivity contribution < 1.29 is 4.79 Å². The number of nitrogen functional groups attached to an aromatic ring is 1. The van der Waals surface area contributed by atoms with Gasteiger partial charge in [-0.15, -0.1) is 0 Å². The van der Waals surface area contributed by atoms with E-state index in [-0.39, 0.29) is 5.91 Å². The van der Waals surface area contributed by atoms with Crippen molar-refractivity contribution in [2.45, 2.75) is 18.9 Å². The highest BCUT2D eigenvalue weighted by Gasteiger charge is 2.25. The molecular formula is C13H18BrN3O. The second-order valence-corrected chi connectivity index (χ2v) is 5.66. The van der Waals surface area contributed by atoms with Gasteiger partial charge in [-0.1, -0.05) is 15.9 Å². The van der Waals surface area contributed by atoms with Gasteiger partial charge in [0.05, 0.1) is 0 Å². The van der Waals surface area contributed by atoms with Gasteiger partial charge in [0.25, 0.3) is 5.91 Å². The molecule has 2 rings (SSSR count). The molecule has 0 bridgehead atoms. The van der Waals surface area contributed by atoms with Crippen LogP contribution in [-0.2, 0) is 0 Å². The normalized spacial score (nSPS) is 14.8. The van der Waals surface area contributed by atoms with Gasteiger partial charge in [-0.25, -0.2) is 0 Å². The maximum atomic E-state index is 11.9. The zero-order chi connectivity index (χ0) is 13.1. The van der Waals surface area contributed by atoms with Crippen LogP contribution in [0, 0.1) is 0 Å². The molecule has 0 heterocycles. The predicted octanol–water partition coefficient (Wildman–Crippen LogP) is 1.86. The summed E-state index contributed by atoms with van der Waals surface area (Å²) in [5, 5.41) is 2.91. The first-order chi connectivity index (χ1) is 8.56. The summed E-state index contributed by atoms with van der Waals surface area (Å²) < 4.78 is 0.822. The highest BCUT2D eigenvalue weighted by atomic mass is 79.9. The summed E-state index contributed by atoms with van der Waals surface area (Å²) in [5.74, 6) is -0.0767. The lowest BCUT2D eigenvalue weighted by Crippen LogP contribution is -2.34. The van der Waals surface area contributed by atoms with Gasteiger partial charge in [0.15, 0.2) is 0 Å². The molecule has 5 heteroatoms. The maximum Gasteiger partial charge on any atom is 0.251 e. The first kappa shape index (κ1) is 13.4. The number of hydrogen-bond donors (Lipinski definition) is 2. The smallest absolute Gasteiger partial charge is 0.251 e. The molecule has 1 aromatic carbocycles. The summed E-state index contributed by atoms with van der Waals surface area (Å²) in [6.45, 7) is 1.55. The topological polar surface area (TPSA) is 58.4 Å². The van der Waals surface area contributed by atoms with Gasteiger partial charge < -0.3 is 16.0 Å². The zero-order valence-electron chi connectivity index (χ0n) is 10.4. The molecule has 1 saturated carbocycles. The van der Waals surface area contributed by atoms with E-state index >= 15 is 0 Å². The quantitative estimate of drug-likeness (QED) is 0.816. The standard InChI is InChI=1S/C13H18BrN3O/c1-17(12-2-3-12)5-4-16-13(18)9-6-10(14)8-11(15)7-9/h6-8,12H,2-5,15H2,1H3,(H,16,18). The van der Waals surface area contributed by atoms with E-state index in [9.17, 15) is 4.79 Å². The Morgan fingerprint density at radius 2 is 2.22 bits per heavy atom. The molecule has 0 saturated heterocycles. The summed E-state index contributed by atoms with van der Waals surface area (Å²) in [7, 11) is 2.10. The van der Waals surface area contributed by atoms with Crippen LogP contribution in [0.4, 0.5) is 5.69 Å². The van der Waals surface area contributed by atoms with Crippen molar-refractivity contribution in [3.63, 3.8) is 0 Å². The minimum absolute atomic E-state index is 0.0767. The number of benzene rings is 1. The third-order valence-electron chi connectivity index (χ3n) is 3.10. The van der Waals surface area contributed by atoms with Crippen LogP contribution in [0.5, 0.6) is 0 Å². The maximum absolute atomic E-state index is 11.9. The molecule has 0 atom stereocenters. The monoisotopic (exact) mass is 311 g/mol. The van der Waals surface area contributed by atoms with E-state index in [1.165, 1.54) is 12.8 Å². The van der Waals surface area contributed by atoms with E-state index in [2.05, 4.69) is 33.2 Å². The van der Waals surface area contributed by atoms with Gasteiger partial charge >= 0.3 is 0 Å². The molecule has 0 aromatic heterocycles. The molecule has 18 heavy (non-hydrogen) atoms. The first-order valence-corrected chi connectivity index (χ1v) is 6.90. The van der Waals surface area contributed by atoms with Crippen LogP contribution in [0.3, 0.4) is 0 Å². The SMILES string of the molecule is CN(CCNC(=O)c1cc(N)cc(Br)c1)C1CC1. The highest BCUT2D eigenvalue weighted by molar-refractivity contribution is 9.10. The molecule has 1 aromatic rings. The largest absolute Gasteiger partial charge is 0.399 e. The lowest BCUT2D eigenvalue weighted by Gasteiger charge is -2.15. The number of amides is 1. The van der Waals surface area contributed by atoms with Crippen LogP contribution >= 0.6 is 15.9 Å². The number of halogens is 1. The number of carbonyl (C=O) groups is 1. The molecule has 0 unspecified atom stereocenters. The molecule has 4 nitrogen and oxygen atoms in total. The Labute approximate surface area is 116 Å². The highest BCUT2D eigenvalue weighted by Crippen LogP contribution is 2.24. The number of carbonyl (C=O) groups excluding carboxylic acids is 1. The van der Waals surface area contributed by atoms with Gasteiger partial charge in [0.2, 0.25) is 0 Å². The number of nitrogens with two attached hydrogens (primary N) is 1. The van der Waals surface area contributed by atoms with Crippen molar-refractivity contribution in [1.82, 2.24) is 10.2 Å². The summed E-state index contributed by atoms with van der Waals surface area (Å²) in [5.41, 5.74) is 6.88. The molecule has 1 aliphatic rings. The van der Waals surface area contributed by atoms with Crippen molar-refractivity contribution in [1.29, 1.82) is 0 Å². The lowest BCUT2D eigenvalue weighted by molar-refractivity contribution is 0.0949. The zero-order valence-corrected chi connectivity index (χ0v) is 12.0. The van der Waals surface area contributed by atoms with Gasteiger partial charge in [0, 0.05) is 34.9 Å². The van der Waals surface area contributed by atoms with Gasteiger partial charge in [0.1, 0.15) is 0 Å². The third-order valence-corrected chi connectivity index (χ3v) is 3.56. The molecule has 0 spiro atoms. The van der Waals surface area contributed by atoms with E-state index in [4.69, 9.17) is 5.73 Å². The minimum atomic E-state index is -0.0767. The van der Waals surface area contributed by atoms with Crippen LogP contribution in [0.1, 0.15) is 23.2 Å². The number of hydrogen-bond acceptors (Lipinski definition) is 3. The van der Waals surface area contributed by atoms with Crippen molar-refractivity contribution in [2.75, 3.05) is 25.9 Å². The Balaban J connectivity index is 1.83. The van der Waals surface area contributed by atoms with E-state index in [0.29, 0.717) is 17.8 Å². The first-order valence-electron chi connectivity index (χ1n) is 6.11. The number of rotatable bonds is 5. The fourth-order valence-corrected chi connectivity index (χ4v) is 2.40. The van der Waals surface area contributed by atoms with E-state index in [1.807, 2.05) is 0 Å². The van der Waals surface area contributed by atoms with Gasteiger partial charge in [-0.05, 0) is 38.1 Å². The summed E-state index contributed by atoms with van der Waals surface area (Å²) in [4.78, 5) is 14.2. The van der Waals surface area contributed by atoms with Crippen LogP contribution in [0.2, 0.25) is 0 Å². The lowest BCUT2D eigenvalue weighted by atomic mass is 10.2. The summed E-state index contributed by atoms with van der Waals surface area (Å²) in [6.07, 6.45) is 2.57. The molecular weight excluding hydrogens is 294 g/mol. The third kappa shape index (κ3) is 3.71. The predicted molar refractivity (Wildman–Crippen MR) is 76.5 cm³/mol. The molecule has 1 amide bonds. The van der Waals surface area contributed by atoms with Crippen LogP contribution in [0.15, 0.2) is 22.7 Å². The Hall–Kier alpha value is -1.07. The minimum Gasteiger partial charge on any atom is -0.399 e. The van der Waals surface area contributed by atoms with Crippen molar-refractivity contribution in [3.8, 4) is 0 Å². The average Bonchev–Trinajstić information content (AvgIpc) is 3.11. The average molecular weight is 312 g/mol. The summed E-state index contributed by atoms with van der Waals surface area (Å²) >= 11 is 3.33. The molecule has 1 fully saturated rings. The van der Waals surface area contributed by atoms with E-state index in [1.54, 1.807) is 18.2 Å². The number of anilines is 1. The Bertz CT molecular complexity index is 426. The molecule has 3 N–H and O–H groups in total. The number of likely N-dealkylation sites (N-methyl/N-ethyl adjacent to an activating group) is 1. The van der Waals surface area contributed by atoms with Crippen LogP contribution in [-0.4, -0.2) is 37.0 Å². The van der Waals surface area contributed by atoms with E-state index < -0.39 is 0 Å². The molecule has 0 aliphatic heterocycles. The van der Waals surface area contributed by atoms with Crippen molar-refractivity contribution in [2.24, 2.45) is 0 Å². The van der Waals surface area contributed by atoms with Gasteiger partial charge in [-0.2, -0.15) is 0 Å². The molecule has 0 radical (unpaired) electrons. The van der Waals surface area contributed by atoms with Crippen molar-refractivity contribution >= 4 is 27.5 Å². The Morgan fingerprint density at radius 1 is 1.50 bits per heavy atom. The number of nitrogens with one attached hydrogen (secondary N) is 1.